The van der Waals surface area contributed by atoms with Crippen molar-refractivity contribution in [2.45, 2.75) is 50.4 Å². The number of alkyl halides is 6. The monoisotopic (exact) mass is 566 g/mol. The first-order chi connectivity index (χ1) is 18.8. The maximum Gasteiger partial charge on any atom is 0.416 e. The van der Waals surface area contributed by atoms with Gasteiger partial charge in [-0.2, -0.15) is 31.1 Å². The second-order valence-corrected chi connectivity index (χ2v) is 9.52. The van der Waals surface area contributed by atoms with Crippen LogP contribution in [0.3, 0.4) is 0 Å². The number of pyridine rings is 1. The summed E-state index contributed by atoms with van der Waals surface area (Å²) in [6.45, 7) is 1.60. The molecule has 1 aliphatic rings. The Labute approximate surface area is 223 Å². The molecule has 0 amide bonds. The number of hydrogen-bond donors (Lipinski definition) is 0. The molecular weight excluding hydrogens is 545 g/mol. The SMILES string of the molecule is C[C@@H](O[C@H]1Cc2nnc(-c3cc[n+]([O-])cc3)n2C[C@@H]1c1ccc(F)cc1)c1cc(C(F)(F)F)cc(C(F)(F)F)c1. The molecule has 5 rings (SSSR count). The molecule has 0 saturated heterocycles. The third-order valence-corrected chi connectivity index (χ3v) is 6.86. The lowest BCUT2D eigenvalue weighted by Gasteiger charge is -2.35. The van der Waals surface area contributed by atoms with Crippen molar-refractivity contribution >= 4 is 0 Å². The van der Waals surface area contributed by atoms with E-state index in [1.165, 1.54) is 31.5 Å². The summed E-state index contributed by atoms with van der Waals surface area (Å²) in [5, 5.41) is 19.9. The van der Waals surface area contributed by atoms with Gasteiger partial charge in [-0.25, -0.2) is 4.39 Å². The zero-order valence-corrected chi connectivity index (χ0v) is 20.7. The Balaban J connectivity index is 1.51. The second-order valence-electron chi connectivity index (χ2n) is 9.52. The first kappa shape index (κ1) is 27.6. The smallest absolute Gasteiger partial charge is 0.416 e. The van der Waals surface area contributed by atoms with Crippen LogP contribution < -0.4 is 4.73 Å². The molecule has 0 bridgehead atoms. The summed E-state index contributed by atoms with van der Waals surface area (Å²) < 4.78 is 103. The van der Waals surface area contributed by atoms with E-state index >= 15 is 0 Å². The van der Waals surface area contributed by atoms with Gasteiger partial charge in [-0.3, -0.25) is 0 Å². The molecule has 2 aromatic heterocycles. The van der Waals surface area contributed by atoms with Gasteiger partial charge >= 0.3 is 12.4 Å². The van der Waals surface area contributed by atoms with E-state index in [9.17, 15) is 35.9 Å². The minimum absolute atomic E-state index is 0.0695. The molecule has 0 radical (unpaired) electrons. The fourth-order valence-corrected chi connectivity index (χ4v) is 4.82. The standard InChI is InChI=1S/C27H21F7N4O2/c1-15(18-10-19(26(29,30)31)12-20(11-18)27(32,33)34)40-23-13-24-35-36-25(17-6-8-37(39)9-7-17)38(24)14-22(23)16-2-4-21(28)5-3-16/h2-12,15,22-23H,13-14H2,1H3/t15-,22-,23+/m1/s1. The first-order valence-corrected chi connectivity index (χ1v) is 12.1. The van der Waals surface area contributed by atoms with Gasteiger partial charge in [-0.1, -0.05) is 12.1 Å². The number of aromatic nitrogens is 4. The second kappa shape index (κ2) is 10.2. The van der Waals surface area contributed by atoms with Crippen LogP contribution in [-0.4, -0.2) is 20.9 Å². The minimum Gasteiger partial charge on any atom is -0.619 e. The van der Waals surface area contributed by atoms with Gasteiger partial charge in [-0.05, 0) is 48.4 Å². The molecule has 40 heavy (non-hydrogen) atoms. The van der Waals surface area contributed by atoms with Crippen molar-refractivity contribution in [2.75, 3.05) is 0 Å². The van der Waals surface area contributed by atoms with Crippen molar-refractivity contribution in [3.63, 3.8) is 0 Å². The molecule has 1 aliphatic heterocycles. The van der Waals surface area contributed by atoms with Crippen LogP contribution in [-0.2, 0) is 30.1 Å². The van der Waals surface area contributed by atoms with Gasteiger partial charge in [0.05, 0.1) is 23.3 Å². The number of rotatable bonds is 5. The molecule has 0 aliphatic carbocycles. The number of nitrogens with zero attached hydrogens (tertiary/aromatic N) is 4. The van der Waals surface area contributed by atoms with Gasteiger partial charge in [0.2, 0.25) is 0 Å². The van der Waals surface area contributed by atoms with Gasteiger partial charge in [0.15, 0.2) is 18.2 Å². The molecule has 13 heteroatoms. The van der Waals surface area contributed by atoms with Crippen LogP contribution in [0.25, 0.3) is 11.4 Å². The summed E-state index contributed by atoms with van der Waals surface area (Å²) in [4.78, 5) is 0. The highest BCUT2D eigenvalue weighted by molar-refractivity contribution is 5.54. The lowest BCUT2D eigenvalue weighted by molar-refractivity contribution is -0.605. The van der Waals surface area contributed by atoms with E-state index in [4.69, 9.17) is 4.74 Å². The van der Waals surface area contributed by atoms with E-state index in [2.05, 4.69) is 10.2 Å². The Morgan fingerprint density at radius 2 is 1.52 bits per heavy atom. The Morgan fingerprint density at radius 3 is 2.10 bits per heavy atom. The number of halogens is 7. The molecule has 6 nitrogen and oxygen atoms in total. The Kier molecular flexibility index (Phi) is 7.02. The van der Waals surface area contributed by atoms with Crippen molar-refractivity contribution in [2.24, 2.45) is 0 Å². The summed E-state index contributed by atoms with van der Waals surface area (Å²) in [5.41, 5.74) is -1.89. The van der Waals surface area contributed by atoms with Gasteiger partial charge < -0.3 is 14.5 Å². The molecular formula is C27H21F7N4O2. The van der Waals surface area contributed by atoms with Crippen molar-refractivity contribution < 1.29 is 40.2 Å². The summed E-state index contributed by atoms with van der Waals surface area (Å²) >= 11 is 0. The van der Waals surface area contributed by atoms with Gasteiger partial charge in [0.25, 0.3) is 0 Å². The molecule has 210 valence electrons. The van der Waals surface area contributed by atoms with Crippen molar-refractivity contribution in [1.29, 1.82) is 0 Å². The van der Waals surface area contributed by atoms with Crippen LogP contribution in [0.5, 0.6) is 0 Å². The van der Waals surface area contributed by atoms with Crippen LogP contribution in [0.4, 0.5) is 30.7 Å². The molecule has 0 spiro atoms. The van der Waals surface area contributed by atoms with E-state index in [0.29, 0.717) is 39.6 Å². The average Bonchev–Trinajstić information content (AvgIpc) is 3.30. The molecule has 3 heterocycles. The molecule has 4 aromatic rings. The predicted molar refractivity (Wildman–Crippen MR) is 127 cm³/mol. The van der Waals surface area contributed by atoms with E-state index in [1.54, 1.807) is 28.8 Å². The van der Waals surface area contributed by atoms with Crippen LogP contribution in [0.2, 0.25) is 0 Å². The van der Waals surface area contributed by atoms with E-state index in [1.807, 2.05) is 0 Å². The minimum atomic E-state index is -4.99. The van der Waals surface area contributed by atoms with Crippen LogP contribution in [0, 0.1) is 11.0 Å². The normalized spacial score (nSPS) is 18.4. The third-order valence-electron chi connectivity index (χ3n) is 6.86. The van der Waals surface area contributed by atoms with Crippen molar-refractivity contribution in [3.8, 4) is 11.4 Å². The van der Waals surface area contributed by atoms with E-state index in [-0.39, 0.29) is 24.6 Å². The summed E-state index contributed by atoms with van der Waals surface area (Å²) in [6.07, 6.45) is -9.16. The van der Waals surface area contributed by atoms with Crippen LogP contribution in [0.1, 0.15) is 47.0 Å². The fraction of sp³-hybridized carbons (Fsp3) is 0.296. The van der Waals surface area contributed by atoms with Crippen LogP contribution >= 0.6 is 0 Å². The number of benzene rings is 2. The number of ether oxygens (including phenoxy) is 1. The van der Waals surface area contributed by atoms with Gasteiger partial charge in [0.1, 0.15) is 11.6 Å². The van der Waals surface area contributed by atoms with Gasteiger partial charge in [0, 0.05) is 36.6 Å². The highest BCUT2D eigenvalue weighted by atomic mass is 19.4. The van der Waals surface area contributed by atoms with Crippen molar-refractivity contribution in [1.82, 2.24) is 14.8 Å². The zero-order chi connectivity index (χ0) is 28.8. The van der Waals surface area contributed by atoms with E-state index in [0.717, 1.165) is 0 Å². The highest BCUT2D eigenvalue weighted by Gasteiger charge is 2.39. The lowest BCUT2D eigenvalue weighted by atomic mass is 9.88. The highest BCUT2D eigenvalue weighted by Crippen LogP contribution is 2.40. The average molecular weight is 566 g/mol. The molecule has 0 unspecified atom stereocenters. The zero-order valence-electron chi connectivity index (χ0n) is 20.7. The topological polar surface area (TPSA) is 66.9 Å². The van der Waals surface area contributed by atoms with Crippen LogP contribution in [0.15, 0.2) is 67.0 Å². The number of fused-ring (bicyclic) bond motifs is 1. The predicted octanol–water partition coefficient (Wildman–Crippen LogP) is 6.24. The molecule has 2 aromatic carbocycles. The summed E-state index contributed by atoms with van der Waals surface area (Å²) in [7, 11) is 0. The Hall–Kier alpha value is -4.00. The number of hydrogen-bond acceptors (Lipinski definition) is 4. The molecule has 0 N–H and O–H groups in total. The molecule has 0 fully saturated rings. The molecule has 0 saturated carbocycles. The summed E-state index contributed by atoms with van der Waals surface area (Å²) in [6, 6.07) is 10.1. The Bertz CT molecular complexity index is 1470. The maximum absolute atomic E-state index is 13.7. The maximum atomic E-state index is 13.7. The Morgan fingerprint density at radius 1 is 0.925 bits per heavy atom. The van der Waals surface area contributed by atoms with Crippen molar-refractivity contribution in [3.05, 3.63) is 106 Å². The summed E-state index contributed by atoms with van der Waals surface area (Å²) in [5.74, 6) is -0.0207. The van der Waals surface area contributed by atoms with E-state index < -0.39 is 47.4 Å². The largest absolute Gasteiger partial charge is 0.619 e. The quantitative estimate of drug-likeness (QED) is 0.163. The third kappa shape index (κ3) is 5.64. The lowest BCUT2D eigenvalue weighted by Crippen LogP contribution is -2.35. The first-order valence-electron chi connectivity index (χ1n) is 12.1. The van der Waals surface area contributed by atoms with Gasteiger partial charge in [-0.15, -0.1) is 10.2 Å². The molecule has 3 atom stereocenters. The fourth-order valence-electron chi connectivity index (χ4n) is 4.82.